The van der Waals surface area contributed by atoms with E-state index in [2.05, 4.69) is 13.0 Å². The summed E-state index contributed by atoms with van der Waals surface area (Å²) in [6.07, 6.45) is -13.7. The SMILES string of the molecule is CC(C)(C)C(=O)O.CC(C)(C)C(=O)O.Cc1cc[c-]cc1.FC(F)(F)c1ccc(P(c2ccc(C(F)(F)F)cc2)c2ccc(C(F)(F)F)cc2)cc1.[Rh]. The van der Waals surface area contributed by atoms with E-state index in [1.54, 1.807) is 41.5 Å². The van der Waals surface area contributed by atoms with Crippen LogP contribution in [0.15, 0.2) is 97.1 Å². The summed E-state index contributed by atoms with van der Waals surface area (Å²) in [6, 6.07) is 22.9. The zero-order valence-corrected chi connectivity index (χ0v) is 32.2. The molecule has 0 heterocycles. The summed E-state index contributed by atoms with van der Waals surface area (Å²) in [5, 5.41) is 17.5. The minimum absolute atomic E-state index is 0. The Morgan fingerprint density at radius 1 is 0.491 bits per heavy atom. The zero-order valence-electron chi connectivity index (χ0n) is 29.6. The van der Waals surface area contributed by atoms with Crippen molar-refractivity contribution in [3.8, 4) is 0 Å². The summed E-state index contributed by atoms with van der Waals surface area (Å²) in [7, 11) is -1.69. The van der Waals surface area contributed by atoms with Crippen LogP contribution in [0.4, 0.5) is 39.5 Å². The minimum Gasteiger partial charge on any atom is -0.481 e. The fraction of sp³-hybridized carbons (Fsp3) is 0.316. The first-order valence-electron chi connectivity index (χ1n) is 15.3. The monoisotopic (exact) mass is 864 g/mol. The van der Waals surface area contributed by atoms with Crippen molar-refractivity contribution in [1.29, 1.82) is 0 Å². The maximum atomic E-state index is 12.9. The number of hydrogen-bond donors (Lipinski definition) is 2. The van der Waals surface area contributed by atoms with Gasteiger partial charge in [0.2, 0.25) is 0 Å². The van der Waals surface area contributed by atoms with Gasteiger partial charge in [-0.3, -0.25) is 9.59 Å². The normalized spacial score (nSPS) is 11.7. The Bertz CT molecular complexity index is 1530. The first kappa shape index (κ1) is 49.2. The molecular formula is C38H39F9O4PRh-. The van der Waals surface area contributed by atoms with Crippen LogP contribution in [0.5, 0.6) is 0 Å². The Hall–Kier alpha value is -3.76. The number of aryl methyl sites for hydroxylation is 1. The molecule has 0 aliphatic carbocycles. The summed E-state index contributed by atoms with van der Waals surface area (Å²) < 4.78 is 116. The topological polar surface area (TPSA) is 74.6 Å². The standard InChI is InChI=1S/C21H12F9P.C7H7.2C5H10O2.Rh/c22-19(23,24)13-1-7-16(8-2-13)31(17-9-3-14(4-10-17)20(25,26)27)18-11-5-15(6-12-18)21(28,29)30;1-7-5-3-2-4-6-7;2*1-5(2,3)4(6)7;/h1-12H;3-6H,1H3;2*1-3H3,(H,6,7);/q;-1;;;. The summed E-state index contributed by atoms with van der Waals surface area (Å²) in [4.78, 5) is 20.0. The predicted octanol–water partition coefficient (Wildman–Crippen LogP) is 10.5. The van der Waals surface area contributed by atoms with Crippen molar-refractivity contribution in [3.05, 3.63) is 125 Å². The van der Waals surface area contributed by atoms with E-state index in [0.29, 0.717) is 15.9 Å². The number of benzene rings is 4. The van der Waals surface area contributed by atoms with E-state index in [1.807, 2.05) is 24.3 Å². The van der Waals surface area contributed by atoms with Gasteiger partial charge in [0, 0.05) is 19.5 Å². The second kappa shape index (κ2) is 20.1. The van der Waals surface area contributed by atoms with Crippen LogP contribution in [0.3, 0.4) is 0 Å². The molecule has 0 saturated carbocycles. The maximum absolute atomic E-state index is 12.9. The van der Waals surface area contributed by atoms with Crippen molar-refractivity contribution in [3.63, 3.8) is 0 Å². The van der Waals surface area contributed by atoms with Gasteiger partial charge in [-0.05, 0) is 102 Å². The van der Waals surface area contributed by atoms with Gasteiger partial charge in [-0.1, -0.05) is 43.3 Å². The van der Waals surface area contributed by atoms with Crippen molar-refractivity contribution in [2.45, 2.75) is 67.0 Å². The van der Waals surface area contributed by atoms with Crippen LogP contribution in [0.2, 0.25) is 0 Å². The molecule has 0 aliphatic rings. The number of hydrogen-bond acceptors (Lipinski definition) is 2. The quantitative estimate of drug-likeness (QED) is 0.0931. The molecule has 0 aromatic heterocycles. The van der Waals surface area contributed by atoms with E-state index >= 15 is 0 Å². The number of carbonyl (C=O) groups is 2. The molecule has 4 nitrogen and oxygen atoms in total. The van der Waals surface area contributed by atoms with Gasteiger partial charge in [0.15, 0.2) is 0 Å². The van der Waals surface area contributed by atoms with E-state index < -0.39 is 65.9 Å². The third kappa shape index (κ3) is 17.7. The molecule has 0 saturated heterocycles. The summed E-state index contributed by atoms with van der Waals surface area (Å²) in [5.74, 6) is -1.51. The number of carboxylic acids is 2. The van der Waals surface area contributed by atoms with Gasteiger partial charge in [-0.2, -0.15) is 75.4 Å². The van der Waals surface area contributed by atoms with E-state index in [9.17, 15) is 49.1 Å². The number of alkyl halides is 9. The number of carboxylic acid groups (broad SMARTS) is 2. The minimum atomic E-state index is -4.58. The van der Waals surface area contributed by atoms with Crippen LogP contribution >= 0.6 is 7.92 Å². The van der Waals surface area contributed by atoms with Crippen LogP contribution in [0.1, 0.15) is 63.8 Å². The molecule has 4 rings (SSSR count). The Morgan fingerprint density at radius 3 is 0.830 bits per heavy atom. The molecule has 0 bridgehead atoms. The molecule has 15 heteroatoms. The largest absolute Gasteiger partial charge is 0.481 e. The molecule has 0 aliphatic heterocycles. The fourth-order valence-electron chi connectivity index (χ4n) is 3.32. The van der Waals surface area contributed by atoms with Gasteiger partial charge in [0.1, 0.15) is 0 Å². The molecule has 0 atom stereocenters. The van der Waals surface area contributed by atoms with Crippen molar-refractivity contribution in [2.75, 3.05) is 0 Å². The molecule has 4 aromatic carbocycles. The van der Waals surface area contributed by atoms with Gasteiger partial charge < -0.3 is 10.2 Å². The molecule has 0 spiro atoms. The molecule has 1 radical (unpaired) electrons. The zero-order chi connectivity index (χ0) is 40.3. The average molecular weight is 865 g/mol. The first-order chi connectivity index (χ1) is 23.5. The second-order valence-electron chi connectivity index (χ2n) is 13.2. The second-order valence-corrected chi connectivity index (χ2v) is 15.4. The van der Waals surface area contributed by atoms with Crippen LogP contribution < -0.4 is 15.9 Å². The van der Waals surface area contributed by atoms with Crippen molar-refractivity contribution >= 4 is 35.8 Å². The van der Waals surface area contributed by atoms with E-state index in [0.717, 1.165) is 36.4 Å². The van der Waals surface area contributed by atoms with Crippen molar-refractivity contribution in [2.24, 2.45) is 10.8 Å². The fourth-order valence-corrected chi connectivity index (χ4v) is 5.55. The van der Waals surface area contributed by atoms with E-state index in [4.69, 9.17) is 10.2 Å². The van der Waals surface area contributed by atoms with Crippen molar-refractivity contribution in [1.82, 2.24) is 0 Å². The number of rotatable bonds is 3. The molecule has 0 fully saturated rings. The van der Waals surface area contributed by atoms with Crippen molar-refractivity contribution < 1.29 is 78.8 Å². The molecule has 4 aromatic rings. The van der Waals surface area contributed by atoms with Gasteiger partial charge in [-0.15, -0.1) is 0 Å². The van der Waals surface area contributed by atoms with Crippen LogP contribution in [-0.2, 0) is 47.6 Å². The third-order valence-electron chi connectivity index (χ3n) is 6.53. The Labute approximate surface area is 317 Å². The van der Waals surface area contributed by atoms with Crippen LogP contribution in [-0.4, -0.2) is 22.2 Å². The van der Waals surface area contributed by atoms with Gasteiger partial charge in [-0.25, -0.2) is 0 Å². The van der Waals surface area contributed by atoms with Gasteiger partial charge in [0.25, 0.3) is 0 Å². The first-order valence-corrected chi connectivity index (χ1v) is 16.6. The molecule has 293 valence electrons. The molecule has 2 N–H and O–H groups in total. The van der Waals surface area contributed by atoms with E-state index in [1.165, 1.54) is 42.0 Å². The average Bonchev–Trinajstić information content (AvgIpc) is 3.01. The Balaban J connectivity index is 0.000000995. The maximum Gasteiger partial charge on any atom is 0.416 e. The Kier molecular flexibility index (Phi) is 18.6. The van der Waals surface area contributed by atoms with Gasteiger partial charge in [0.05, 0.1) is 27.5 Å². The van der Waals surface area contributed by atoms with E-state index in [-0.39, 0.29) is 19.5 Å². The van der Waals surface area contributed by atoms with Gasteiger partial charge >= 0.3 is 30.5 Å². The smallest absolute Gasteiger partial charge is 0.416 e. The van der Waals surface area contributed by atoms with Crippen LogP contribution in [0, 0.1) is 23.8 Å². The molecule has 0 unspecified atom stereocenters. The predicted molar refractivity (Wildman–Crippen MR) is 184 cm³/mol. The molecular weight excluding hydrogens is 825 g/mol. The summed E-state index contributed by atoms with van der Waals surface area (Å²) >= 11 is 0. The summed E-state index contributed by atoms with van der Waals surface area (Å²) in [5.41, 5.74) is -2.61. The Morgan fingerprint density at radius 2 is 0.698 bits per heavy atom. The summed E-state index contributed by atoms with van der Waals surface area (Å²) in [6.45, 7) is 12.0. The number of aliphatic carboxylic acids is 2. The molecule has 53 heavy (non-hydrogen) atoms. The third-order valence-corrected chi connectivity index (χ3v) is 8.97. The van der Waals surface area contributed by atoms with Crippen LogP contribution in [0.25, 0.3) is 0 Å². The number of halogens is 9. The molecule has 0 amide bonds.